The van der Waals surface area contributed by atoms with Crippen LogP contribution in [0, 0.1) is 41.9 Å². The topological polar surface area (TPSA) is 593 Å². The molecule has 45 nitrogen and oxygen atoms in total. The molecule has 0 aromatic heterocycles. The molecule has 0 spiro atoms. The smallest absolute Gasteiger partial charge is 0.365 e. The van der Waals surface area contributed by atoms with Crippen LogP contribution in [0.2, 0.25) is 0 Å². The fourth-order valence-corrected chi connectivity index (χ4v) is 6.26. The third-order valence-corrected chi connectivity index (χ3v) is 13.2. The van der Waals surface area contributed by atoms with Gasteiger partial charge in [0.25, 0.3) is 0 Å². The molecular weight excluding hydrogens is 1790 g/mol. The van der Waals surface area contributed by atoms with Crippen LogP contribution < -0.4 is 0 Å². The van der Waals surface area contributed by atoms with Gasteiger partial charge >= 0.3 is 95.5 Å². The van der Waals surface area contributed by atoms with Gasteiger partial charge in [0.05, 0.1) is 25.7 Å². The summed E-state index contributed by atoms with van der Waals surface area (Å²) in [7, 11) is 0. The van der Waals surface area contributed by atoms with Crippen LogP contribution in [0.15, 0.2) is 38.0 Å². The number of ether oxygens (including phenoxy) is 10. The van der Waals surface area contributed by atoms with Crippen LogP contribution in [0.25, 0.3) is 0 Å². The van der Waals surface area contributed by atoms with Crippen LogP contribution in [-0.4, -0.2) is 216 Å². The Hall–Kier alpha value is -8.14. The van der Waals surface area contributed by atoms with E-state index < -0.39 is 207 Å². The van der Waals surface area contributed by atoms with Gasteiger partial charge in [0.15, 0.2) is 61.0 Å². The van der Waals surface area contributed by atoms with E-state index in [1.807, 2.05) is 0 Å². The first-order valence-corrected chi connectivity index (χ1v) is 31.8. The van der Waals surface area contributed by atoms with E-state index in [0.29, 0.717) is 25.7 Å². The molecule has 0 aromatic carbocycles. The van der Waals surface area contributed by atoms with Gasteiger partial charge in [0.1, 0.15) is 6.79 Å². The summed E-state index contributed by atoms with van der Waals surface area (Å²) in [5.41, 5.74) is -1.99. The standard InChI is InChI=1S/C32H48O20.C13H16O10.C7H12O8.C6H8O4.C3H3ClO.CH4O2.U.V/c1-9-31(10-2)13-23(33)49-45-19(5)27(37)41-17-43-29(39)21(7)47-51-25(35)15-32(11-3,12-4)16-26(36)52-48-22(8)30(40)44-18-42-28(38)20(6)46-50-24(34)14-31;1-5-10(14)22-20-8(3)12(16)18-7-19-13(17)9(4)21-23-11(15)6-2;1-4(14-10)6(8)12-3-13-7(9)5(2)15-11;1-3-5(7)10-4(2)6(8)9-3;1-2-3(4)5;2-1-3;;/h19-22H,9-18H2,1-8H3;5-6,8-9H,1-2,7H2,3-4H3;4-5,10-11H,3H2,1-2H3;3-4H,1-2H3;2H,1H2;2-3H,1H2;;. The number of aliphatic hydroxyl groups is 2. The van der Waals surface area contributed by atoms with Gasteiger partial charge in [0.2, 0.25) is 32.4 Å². The van der Waals surface area contributed by atoms with E-state index in [1.165, 1.54) is 69.2 Å². The number of aliphatic hydroxyl groups excluding tert-OH is 1. The minimum atomic E-state index is -1.46. The molecule has 2 aliphatic rings. The van der Waals surface area contributed by atoms with Gasteiger partial charge in [-0.05, 0) is 123 Å². The third-order valence-electron chi connectivity index (χ3n) is 13.1. The maximum Gasteiger partial charge on any atom is 0.365 e. The van der Waals surface area contributed by atoms with Gasteiger partial charge in [-0.3, -0.25) is 44.6 Å². The first kappa shape index (κ1) is 113. The molecule has 2 rings (SSSR count). The molecule has 0 aliphatic carbocycles. The van der Waals surface area contributed by atoms with Crippen molar-refractivity contribution in [3.05, 3.63) is 38.0 Å². The first-order valence-electron chi connectivity index (χ1n) is 31.4. The Bertz CT molecular complexity index is 2660. The molecule has 2 fully saturated rings. The summed E-state index contributed by atoms with van der Waals surface area (Å²) in [6.07, 6.45) is -9.69. The summed E-state index contributed by atoms with van der Waals surface area (Å²) in [6, 6.07) is 0. The molecule has 0 aromatic rings. The predicted octanol–water partition coefficient (Wildman–Crippen LogP) is 2.36. The maximum atomic E-state index is 12.6. The predicted molar refractivity (Wildman–Crippen MR) is 341 cm³/mol. The SMILES string of the molecule is C=CC(=O)Cl.C=CC(=O)OOC(C)C(=O)OCOC(=O)C(C)OOC(=O)C=C.CC(OO)C(=O)OCOC(=O)C(C)OO.CC1OC(=O)C(C)OC1=O.CCC1(CC)CC(=O)OOC(C)C(=O)OCOC(=O)C(C)OOC(=O)CC(CC)(CC)CC(=O)OOC(C)C(=O)OCOC(=O)C(C)OOC(=O)C1.OCO.[U].[V]. The molecule has 110 heavy (non-hydrogen) atoms. The van der Waals surface area contributed by atoms with Gasteiger partial charge < -0.3 is 57.6 Å². The molecule has 2 heterocycles. The number of carbonyl (C=O) groups is 17. The summed E-state index contributed by atoms with van der Waals surface area (Å²) in [4.78, 5) is 258. The zero-order valence-corrected chi connectivity index (χ0v) is 68.5. The van der Waals surface area contributed by atoms with Crippen molar-refractivity contribution in [1.29, 1.82) is 0 Å². The fourth-order valence-electron chi connectivity index (χ4n) is 6.26. The van der Waals surface area contributed by atoms with Crippen molar-refractivity contribution < 1.29 is 268 Å². The van der Waals surface area contributed by atoms with Crippen molar-refractivity contribution in [1.82, 2.24) is 0 Å². The molecule has 2 saturated heterocycles. The number of esters is 10. The summed E-state index contributed by atoms with van der Waals surface area (Å²) >= 11 is 4.71. The van der Waals surface area contributed by atoms with Gasteiger partial charge in [0, 0.05) is 61.8 Å². The number of allylic oxidation sites excluding steroid dienone is 1. The molecule has 0 bridgehead atoms. The van der Waals surface area contributed by atoms with E-state index in [-0.39, 0.29) is 75.4 Å². The van der Waals surface area contributed by atoms with Gasteiger partial charge in [-0.25, -0.2) is 86.5 Å². The summed E-state index contributed by atoms with van der Waals surface area (Å²) < 4.78 is 46.1. The Morgan fingerprint density at radius 1 is 0.436 bits per heavy atom. The second-order valence-corrected chi connectivity index (χ2v) is 21.4. The van der Waals surface area contributed by atoms with E-state index in [4.69, 9.17) is 90.4 Å². The summed E-state index contributed by atoms with van der Waals surface area (Å²) in [6.45, 7) is 24.9. The Balaban J connectivity index is -0.000000378. The summed E-state index contributed by atoms with van der Waals surface area (Å²) in [5.74, 6) is -14.5. The van der Waals surface area contributed by atoms with Crippen LogP contribution in [0.5, 0.6) is 0 Å². The average Bonchev–Trinajstić information content (AvgIpc) is 0.881. The maximum absolute atomic E-state index is 12.6. The van der Waals surface area contributed by atoms with Gasteiger partial charge in [-0.15, -0.1) is 0 Å². The van der Waals surface area contributed by atoms with Crippen LogP contribution in [0.3, 0.4) is 0 Å². The molecule has 4 N–H and O–H groups in total. The number of rotatable bonds is 21. The van der Waals surface area contributed by atoms with Crippen molar-refractivity contribution in [3.8, 4) is 0 Å². The van der Waals surface area contributed by atoms with Crippen molar-refractivity contribution in [2.24, 2.45) is 10.8 Å². The van der Waals surface area contributed by atoms with Crippen molar-refractivity contribution in [2.45, 2.75) is 209 Å². The first-order chi connectivity index (χ1) is 50.6. The number of carbonyl (C=O) groups excluding carboxylic acids is 17. The molecule has 48 heteroatoms. The molecule has 1 radical (unpaired) electrons. The monoisotopic (exact) mass is 1880 g/mol. The average molecular weight is 1880 g/mol. The minimum Gasteiger partial charge on any atom is -0.448 e. The third kappa shape index (κ3) is 52.9. The molecule has 10 atom stereocenters. The quantitative estimate of drug-likeness (QED) is 0.0244. The Kier molecular flexibility index (Phi) is 66.1. The van der Waals surface area contributed by atoms with Crippen molar-refractivity contribution >= 4 is 112 Å². The molecular formula is C62H91ClO45UV. The number of hydrogen-bond donors (Lipinski definition) is 4. The largest absolute Gasteiger partial charge is 0.448 e. The van der Waals surface area contributed by atoms with Crippen LogP contribution in [0.1, 0.15) is 148 Å². The second-order valence-electron chi connectivity index (χ2n) is 21.1. The van der Waals surface area contributed by atoms with E-state index in [9.17, 15) is 81.5 Å². The van der Waals surface area contributed by atoms with Crippen LogP contribution in [0.4, 0.5) is 0 Å². The fraction of sp³-hybridized carbons (Fsp3) is 0.629. The van der Waals surface area contributed by atoms with Crippen LogP contribution >= 0.6 is 11.6 Å². The molecule has 0 amide bonds. The molecule has 10 unspecified atom stereocenters. The normalized spacial score (nSPS) is 20.4. The number of halogens is 1. The van der Waals surface area contributed by atoms with Crippen molar-refractivity contribution in [3.63, 3.8) is 0 Å². The Labute approximate surface area is 668 Å². The van der Waals surface area contributed by atoms with Crippen LogP contribution in [-0.2, 0) is 216 Å². The van der Waals surface area contributed by atoms with E-state index in [0.717, 1.165) is 18.2 Å². The van der Waals surface area contributed by atoms with E-state index in [1.54, 1.807) is 27.7 Å². The van der Waals surface area contributed by atoms with Gasteiger partial charge in [-0.1, -0.05) is 47.4 Å². The van der Waals surface area contributed by atoms with Gasteiger partial charge in [-0.2, -0.15) is 29.3 Å². The number of hydrogen-bond acceptors (Lipinski definition) is 45. The number of cyclic esters (lactones) is 6. The van der Waals surface area contributed by atoms with E-state index in [2.05, 4.69) is 77.5 Å². The Morgan fingerprint density at radius 3 is 0.845 bits per heavy atom. The Morgan fingerprint density at radius 2 is 0.655 bits per heavy atom. The second kappa shape index (κ2) is 64.5. The minimum absolute atomic E-state index is 0. The zero-order valence-electron chi connectivity index (χ0n) is 62.2. The zero-order chi connectivity index (χ0) is 83.9. The molecule has 625 valence electrons. The molecule has 0 saturated carbocycles. The van der Waals surface area contributed by atoms with E-state index >= 15 is 0 Å². The molecule has 2 aliphatic heterocycles. The summed E-state index contributed by atoms with van der Waals surface area (Å²) in [5, 5.41) is 29.9. The van der Waals surface area contributed by atoms with Crippen molar-refractivity contribution in [2.75, 3.05) is 34.0 Å².